The van der Waals surface area contributed by atoms with Crippen LogP contribution in [0.3, 0.4) is 0 Å². The first kappa shape index (κ1) is 9.52. The summed E-state index contributed by atoms with van der Waals surface area (Å²) in [6.07, 6.45) is 2.76. The molecule has 0 aliphatic heterocycles. The highest BCUT2D eigenvalue weighted by atomic mass is 16.4. The first-order valence-electron chi connectivity index (χ1n) is 4.66. The van der Waals surface area contributed by atoms with Crippen molar-refractivity contribution in [2.45, 2.75) is 6.92 Å². The van der Waals surface area contributed by atoms with Crippen molar-refractivity contribution in [3.05, 3.63) is 41.6 Å². The van der Waals surface area contributed by atoms with E-state index in [0.717, 1.165) is 28.2 Å². The molecule has 3 heteroatoms. The molecule has 2 rings (SSSR count). The van der Waals surface area contributed by atoms with E-state index in [1.807, 2.05) is 31.2 Å². The van der Waals surface area contributed by atoms with Crippen molar-refractivity contribution < 1.29 is 9.90 Å². The van der Waals surface area contributed by atoms with Gasteiger partial charge in [0.25, 0.3) is 0 Å². The van der Waals surface area contributed by atoms with Crippen LogP contribution in [0.4, 0.5) is 0 Å². The number of aryl methyl sites for hydroxylation is 1. The summed E-state index contributed by atoms with van der Waals surface area (Å²) in [7, 11) is 0. The number of carbonyl (C=O) groups is 1. The second-order valence-corrected chi connectivity index (χ2v) is 3.43. The summed E-state index contributed by atoms with van der Waals surface area (Å²) in [5, 5.41) is 9.61. The summed E-state index contributed by atoms with van der Waals surface area (Å²) in [6.45, 7) is 1.98. The Morgan fingerprint density at radius 1 is 1.47 bits per heavy atom. The van der Waals surface area contributed by atoms with Gasteiger partial charge in [0.2, 0.25) is 0 Å². The van der Waals surface area contributed by atoms with Gasteiger partial charge in [-0.25, -0.2) is 4.79 Å². The van der Waals surface area contributed by atoms with E-state index in [4.69, 9.17) is 5.11 Å². The molecule has 1 heterocycles. The molecule has 0 radical (unpaired) electrons. The fraction of sp³-hybridized carbons (Fsp3) is 0.0833. The number of carboxylic acids is 1. The molecular weight excluding hydrogens is 190 g/mol. The van der Waals surface area contributed by atoms with Crippen molar-refractivity contribution >= 4 is 22.9 Å². The molecule has 76 valence electrons. The highest BCUT2D eigenvalue weighted by molar-refractivity contribution is 5.93. The summed E-state index contributed by atoms with van der Waals surface area (Å²) in [4.78, 5) is 13.6. The van der Waals surface area contributed by atoms with Crippen molar-refractivity contribution in [2.24, 2.45) is 0 Å². The average molecular weight is 201 g/mol. The molecule has 0 saturated carbocycles. The maximum atomic E-state index is 10.4. The van der Waals surface area contributed by atoms with Crippen LogP contribution in [0.1, 0.15) is 11.3 Å². The molecular formula is C12H11NO2. The molecule has 0 saturated heterocycles. The van der Waals surface area contributed by atoms with Gasteiger partial charge in [0.05, 0.1) is 0 Å². The molecule has 0 aliphatic carbocycles. The van der Waals surface area contributed by atoms with Gasteiger partial charge >= 0.3 is 5.97 Å². The van der Waals surface area contributed by atoms with Crippen molar-refractivity contribution in [3.8, 4) is 0 Å². The predicted molar refractivity (Wildman–Crippen MR) is 59.7 cm³/mol. The molecule has 0 amide bonds. The Morgan fingerprint density at radius 2 is 2.27 bits per heavy atom. The van der Waals surface area contributed by atoms with Crippen molar-refractivity contribution in [1.82, 2.24) is 4.98 Å². The van der Waals surface area contributed by atoms with E-state index >= 15 is 0 Å². The van der Waals surface area contributed by atoms with E-state index in [2.05, 4.69) is 4.98 Å². The number of H-pyrrole nitrogens is 1. The van der Waals surface area contributed by atoms with Crippen LogP contribution >= 0.6 is 0 Å². The van der Waals surface area contributed by atoms with Crippen LogP contribution in [0, 0.1) is 6.92 Å². The third-order valence-corrected chi connectivity index (χ3v) is 2.24. The summed E-state index contributed by atoms with van der Waals surface area (Å²) < 4.78 is 0. The van der Waals surface area contributed by atoms with Gasteiger partial charge in [0.1, 0.15) is 0 Å². The van der Waals surface area contributed by atoms with Crippen molar-refractivity contribution in [1.29, 1.82) is 0 Å². The Labute approximate surface area is 87.0 Å². The van der Waals surface area contributed by atoms with Gasteiger partial charge < -0.3 is 10.1 Å². The van der Waals surface area contributed by atoms with E-state index < -0.39 is 5.97 Å². The van der Waals surface area contributed by atoms with Crippen LogP contribution in [0.2, 0.25) is 0 Å². The van der Waals surface area contributed by atoms with Crippen LogP contribution in [0.25, 0.3) is 17.0 Å². The maximum Gasteiger partial charge on any atom is 0.328 e. The molecule has 1 aromatic heterocycles. The second-order valence-electron chi connectivity index (χ2n) is 3.43. The van der Waals surface area contributed by atoms with E-state index in [1.54, 1.807) is 6.08 Å². The maximum absolute atomic E-state index is 10.4. The molecule has 0 spiro atoms. The first-order valence-corrected chi connectivity index (χ1v) is 4.66. The Balaban J connectivity index is 2.55. The Bertz CT molecular complexity index is 538. The second kappa shape index (κ2) is 3.61. The Kier molecular flexibility index (Phi) is 2.29. The van der Waals surface area contributed by atoms with Crippen LogP contribution in [-0.4, -0.2) is 16.1 Å². The van der Waals surface area contributed by atoms with E-state index in [9.17, 15) is 4.79 Å². The summed E-state index contributed by atoms with van der Waals surface area (Å²) >= 11 is 0. The molecule has 0 unspecified atom stereocenters. The van der Waals surface area contributed by atoms with Crippen LogP contribution in [0.5, 0.6) is 0 Å². The third-order valence-electron chi connectivity index (χ3n) is 2.24. The highest BCUT2D eigenvalue weighted by Gasteiger charge is 2.00. The normalized spacial score (nSPS) is 11.3. The smallest absolute Gasteiger partial charge is 0.328 e. The Hall–Kier alpha value is -2.03. The van der Waals surface area contributed by atoms with Crippen molar-refractivity contribution in [2.75, 3.05) is 0 Å². The number of aliphatic carboxylic acids is 1. The first-order chi connectivity index (χ1) is 7.16. The van der Waals surface area contributed by atoms with Gasteiger partial charge in [0.15, 0.2) is 0 Å². The van der Waals surface area contributed by atoms with Crippen LogP contribution in [0.15, 0.2) is 30.3 Å². The summed E-state index contributed by atoms with van der Waals surface area (Å²) in [5.74, 6) is -0.931. The van der Waals surface area contributed by atoms with Gasteiger partial charge in [-0.2, -0.15) is 0 Å². The summed E-state index contributed by atoms with van der Waals surface area (Å²) in [5.41, 5.74) is 3.01. The number of hydrogen-bond donors (Lipinski definition) is 2. The fourth-order valence-electron chi connectivity index (χ4n) is 1.62. The van der Waals surface area contributed by atoms with E-state index in [-0.39, 0.29) is 0 Å². The van der Waals surface area contributed by atoms with Gasteiger partial charge in [0, 0.05) is 22.7 Å². The van der Waals surface area contributed by atoms with E-state index in [0.29, 0.717) is 0 Å². The summed E-state index contributed by atoms with van der Waals surface area (Å²) in [6, 6.07) is 7.78. The van der Waals surface area contributed by atoms with Crippen LogP contribution in [-0.2, 0) is 4.79 Å². The fourth-order valence-corrected chi connectivity index (χ4v) is 1.62. The zero-order valence-corrected chi connectivity index (χ0v) is 8.32. The lowest BCUT2D eigenvalue weighted by atomic mass is 10.1. The molecule has 0 fully saturated rings. The third kappa shape index (κ3) is 1.91. The molecule has 15 heavy (non-hydrogen) atoms. The molecule has 3 nitrogen and oxygen atoms in total. The van der Waals surface area contributed by atoms with Crippen molar-refractivity contribution in [3.63, 3.8) is 0 Å². The molecule has 1 aromatic carbocycles. The quantitative estimate of drug-likeness (QED) is 0.734. The average Bonchev–Trinajstić information content (AvgIpc) is 2.55. The topological polar surface area (TPSA) is 53.1 Å². The lowest BCUT2D eigenvalue weighted by Crippen LogP contribution is -1.85. The van der Waals surface area contributed by atoms with E-state index in [1.165, 1.54) is 0 Å². The highest BCUT2D eigenvalue weighted by Crippen LogP contribution is 2.20. The minimum absolute atomic E-state index is 0.916. The molecule has 0 bridgehead atoms. The number of carboxylic acid groups (broad SMARTS) is 1. The monoisotopic (exact) mass is 201 g/mol. The van der Waals surface area contributed by atoms with Crippen LogP contribution < -0.4 is 0 Å². The predicted octanol–water partition coefficient (Wildman–Crippen LogP) is 2.57. The number of nitrogens with one attached hydrogen (secondary N) is 1. The standard InChI is InChI=1S/C12H11NO2/c1-8-7-10-9(5-6-12(14)15)3-2-4-11(10)13-8/h2-7,13H,1H3,(H,14,15). The number of aromatic nitrogens is 1. The van der Waals surface area contributed by atoms with Gasteiger partial charge in [-0.15, -0.1) is 0 Å². The SMILES string of the molecule is Cc1cc2c(C=CC(=O)O)cccc2[nH]1. The molecule has 2 aromatic rings. The van der Waals surface area contributed by atoms with Gasteiger partial charge in [-0.05, 0) is 30.7 Å². The van der Waals surface area contributed by atoms with Gasteiger partial charge in [-0.3, -0.25) is 0 Å². The lowest BCUT2D eigenvalue weighted by Gasteiger charge is -1.94. The molecule has 2 N–H and O–H groups in total. The lowest BCUT2D eigenvalue weighted by molar-refractivity contribution is -0.131. The molecule has 0 aliphatic rings. The minimum Gasteiger partial charge on any atom is -0.478 e. The number of aromatic amines is 1. The zero-order valence-electron chi connectivity index (χ0n) is 8.32. The van der Waals surface area contributed by atoms with Gasteiger partial charge in [-0.1, -0.05) is 12.1 Å². The minimum atomic E-state index is -0.931. The number of rotatable bonds is 2. The number of hydrogen-bond acceptors (Lipinski definition) is 1. The number of benzene rings is 1. The Morgan fingerprint density at radius 3 is 3.00 bits per heavy atom. The largest absolute Gasteiger partial charge is 0.478 e. The molecule has 0 atom stereocenters. The number of fused-ring (bicyclic) bond motifs is 1. The zero-order chi connectivity index (χ0) is 10.8.